The first kappa shape index (κ1) is 12.2. The summed E-state index contributed by atoms with van der Waals surface area (Å²) in [4.78, 5) is 23.4. The minimum absolute atomic E-state index is 0.0471. The fourth-order valence-electron chi connectivity index (χ4n) is 1.85. The number of ether oxygens (including phenoxy) is 2. The van der Waals surface area contributed by atoms with Crippen molar-refractivity contribution in [2.45, 2.75) is 32.8 Å². The van der Waals surface area contributed by atoms with Crippen molar-refractivity contribution in [1.82, 2.24) is 0 Å². The van der Waals surface area contributed by atoms with E-state index < -0.39 is 18.0 Å². The van der Waals surface area contributed by atoms with Gasteiger partial charge in [-0.25, -0.2) is 0 Å². The van der Waals surface area contributed by atoms with E-state index in [1.165, 1.54) is 7.11 Å². The van der Waals surface area contributed by atoms with Gasteiger partial charge in [0.1, 0.15) is 12.0 Å². The van der Waals surface area contributed by atoms with E-state index in [2.05, 4.69) is 4.74 Å². The van der Waals surface area contributed by atoms with Crippen LogP contribution in [-0.2, 0) is 19.1 Å². The lowest BCUT2D eigenvalue weighted by Crippen LogP contribution is -2.36. The molecule has 0 aromatic rings. The van der Waals surface area contributed by atoms with E-state index in [9.17, 15) is 9.59 Å². The average molecular weight is 214 g/mol. The number of carbonyl (C=O) groups is 2. The van der Waals surface area contributed by atoms with E-state index in [1.54, 1.807) is 0 Å². The van der Waals surface area contributed by atoms with Crippen LogP contribution in [-0.4, -0.2) is 31.6 Å². The van der Waals surface area contributed by atoms with Crippen molar-refractivity contribution in [3.63, 3.8) is 0 Å². The van der Waals surface area contributed by atoms with Crippen LogP contribution < -0.4 is 0 Å². The monoisotopic (exact) mass is 214 g/mol. The second-order valence-electron chi connectivity index (χ2n) is 4.15. The fourth-order valence-corrected chi connectivity index (χ4v) is 1.85. The Hall–Kier alpha value is -0.900. The van der Waals surface area contributed by atoms with Gasteiger partial charge in [-0.2, -0.15) is 0 Å². The van der Waals surface area contributed by atoms with Crippen LogP contribution >= 0.6 is 0 Å². The molecule has 0 radical (unpaired) electrons. The summed E-state index contributed by atoms with van der Waals surface area (Å²) in [5, 5.41) is 0. The smallest absolute Gasteiger partial charge is 0.316 e. The number of esters is 1. The van der Waals surface area contributed by atoms with Gasteiger partial charge in [-0.3, -0.25) is 9.59 Å². The normalized spacial score (nSPS) is 22.8. The van der Waals surface area contributed by atoms with Gasteiger partial charge >= 0.3 is 5.97 Å². The highest BCUT2D eigenvalue weighted by Crippen LogP contribution is 2.22. The van der Waals surface area contributed by atoms with E-state index in [-0.39, 0.29) is 11.7 Å². The fraction of sp³-hybridized carbons (Fsp3) is 0.818. The molecule has 0 amide bonds. The summed E-state index contributed by atoms with van der Waals surface area (Å²) in [5.74, 6) is -1.31. The van der Waals surface area contributed by atoms with Gasteiger partial charge in [0.05, 0.1) is 7.11 Å². The molecule has 0 bridgehead atoms. The van der Waals surface area contributed by atoms with Crippen molar-refractivity contribution in [3.05, 3.63) is 0 Å². The molecule has 0 spiro atoms. The van der Waals surface area contributed by atoms with Gasteiger partial charge in [-0.05, 0) is 18.8 Å². The Labute approximate surface area is 89.9 Å². The Morgan fingerprint density at radius 2 is 2.07 bits per heavy atom. The van der Waals surface area contributed by atoms with Crippen molar-refractivity contribution in [1.29, 1.82) is 0 Å². The molecule has 1 rings (SSSR count). The van der Waals surface area contributed by atoms with Crippen LogP contribution in [0.4, 0.5) is 0 Å². The molecule has 0 aliphatic carbocycles. The first-order chi connectivity index (χ1) is 7.07. The lowest BCUT2D eigenvalue weighted by molar-refractivity contribution is -0.154. The van der Waals surface area contributed by atoms with Crippen LogP contribution in [0.3, 0.4) is 0 Å². The summed E-state index contributed by atoms with van der Waals surface area (Å²) in [6.07, 6.45) is 1.21. The van der Waals surface area contributed by atoms with Gasteiger partial charge < -0.3 is 9.47 Å². The molecular weight excluding hydrogens is 196 g/mol. The zero-order valence-corrected chi connectivity index (χ0v) is 9.49. The maximum absolute atomic E-state index is 12.0. The lowest BCUT2D eigenvalue weighted by atomic mass is 9.88. The van der Waals surface area contributed by atoms with Crippen molar-refractivity contribution < 1.29 is 19.1 Å². The van der Waals surface area contributed by atoms with Crippen LogP contribution in [0.1, 0.15) is 26.7 Å². The quantitative estimate of drug-likeness (QED) is 0.521. The molecule has 1 heterocycles. The van der Waals surface area contributed by atoms with Crippen LogP contribution in [0.5, 0.6) is 0 Å². The Morgan fingerprint density at radius 1 is 1.40 bits per heavy atom. The van der Waals surface area contributed by atoms with Crippen molar-refractivity contribution in [2.75, 3.05) is 13.7 Å². The summed E-state index contributed by atoms with van der Waals surface area (Å²) in [5.41, 5.74) is 0. The number of rotatable bonds is 4. The zero-order valence-electron chi connectivity index (χ0n) is 9.49. The standard InChI is InChI=1S/C11H18O4/c1-7(2)9(11(13)14-3)10(12)8-5-4-6-15-8/h7-9H,4-6H2,1-3H3. The van der Waals surface area contributed by atoms with Gasteiger partial charge in [0.25, 0.3) is 0 Å². The summed E-state index contributed by atoms with van der Waals surface area (Å²) in [6, 6.07) is 0. The second-order valence-corrected chi connectivity index (χ2v) is 4.15. The van der Waals surface area contributed by atoms with E-state index >= 15 is 0 Å². The van der Waals surface area contributed by atoms with Crippen LogP contribution in [0.2, 0.25) is 0 Å². The largest absolute Gasteiger partial charge is 0.468 e. The van der Waals surface area contributed by atoms with Crippen molar-refractivity contribution in [3.8, 4) is 0 Å². The molecule has 2 unspecified atom stereocenters. The first-order valence-corrected chi connectivity index (χ1v) is 5.31. The predicted octanol–water partition coefficient (Wildman–Crippen LogP) is 1.18. The van der Waals surface area contributed by atoms with E-state index in [1.807, 2.05) is 13.8 Å². The molecule has 2 atom stereocenters. The second kappa shape index (κ2) is 5.26. The summed E-state index contributed by atoms with van der Waals surface area (Å²) in [6.45, 7) is 4.30. The molecule has 4 nitrogen and oxygen atoms in total. The SMILES string of the molecule is COC(=O)C(C(=O)C1CCCO1)C(C)C. The van der Waals surface area contributed by atoms with Crippen LogP contribution in [0.25, 0.3) is 0 Å². The van der Waals surface area contributed by atoms with Crippen LogP contribution in [0, 0.1) is 11.8 Å². The Bertz CT molecular complexity index is 241. The molecule has 86 valence electrons. The summed E-state index contributed by atoms with van der Waals surface area (Å²) in [7, 11) is 1.31. The van der Waals surface area contributed by atoms with Gasteiger partial charge in [-0.15, -0.1) is 0 Å². The Balaban J connectivity index is 2.70. The highest BCUT2D eigenvalue weighted by Gasteiger charge is 2.37. The third kappa shape index (κ3) is 2.78. The van der Waals surface area contributed by atoms with Crippen molar-refractivity contribution in [2.24, 2.45) is 11.8 Å². The summed E-state index contributed by atoms with van der Waals surface area (Å²) < 4.78 is 9.92. The number of Topliss-reactive ketones (excluding diaryl/α,β-unsaturated/α-hetero) is 1. The molecule has 1 saturated heterocycles. The van der Waals surface area contributed by atoms with E-state index in [4.69, 9.17) is 4.74 Å². The molecule has 0 N–H and O–H groups in total. The molecule has 1 aliphatic rings. The number of hydrogen-bond donors (Lipinski definition) is 0. The lowest BCUT2D eigenvalue weighted by Gasteiger charge is -2.19. The first-order valence-electron chi connectivity index (χ1n) is 5.31. The van der Waals surface area contributed by atoms with Gasteiger partial charge in [0, 0.05) is 6.61 Å². The van der Waals surface area contributed by atoms with Gasteiger partial charge in [0.2, 0.25) is 0 Å². The summed E-state index contributed by atoms with van der Waals surface area (Å²) >= 11 is 0. The minimum Gasteiger partial charge on any atom is -0.468 e. The maximum Gasteiger partial charge on any atom is 0.316 e. The average Bonchev–Trinajstić information content (AvgIpc) is 2.69. The molecule has 0 saturated carbocycles. The topological polar surface area (TPSA) is 52.6 Å². The Kier molecular flexibility index (Phi) is 4.27. The minimum atomic E-state index is -0.682. The number of carbonyl (C=O) groups excluding carboxylic acids is 2. The van der Waals surface area contributed by atoms with Gasteiger partial charge in [-0.1, -0.05) is 13.8 Å². The predicted molar refractivity (Wildman–Crippen MR) is 54.3 cm³/mol. The van der Waals surface area contributed by atoms with E-state index in [0.29, 0.717) is 6.61 Å². The molecular formula is C11H18O4. The van der Waals surface area contributed by atoms with Crippen molar-refractivity contribution >= 4 is 11.8 Å². The highest BCUT2D eigenvalue weighted by molar-refractivity contribution is 6.01. The number of hydrogen-bond acceptors (Lipinski definition) is 4. The Morgan fingerprint density at radius 3 is 2.47 bits per heavy atom. The molecule has 0 aromatic heterocycles. The van der Waals surface area contributed by atoms with E-state index in [0.717, 1.165) is 12.8 Å². The molecule has 1 fully saturated rings. The third-order valence-electron chi connectivity index (χ3n) is 2.68. The zero-order chi connectivity index (χ0) is 11.4. The molecule has 15 heavy (non-hydrogen) atoms. The molecule has 1 aliphatic heterocycles. The molecule has 0 aromatic carbocycles. The highest BCUT2D eigenvalue weighted by atomic mass is 16.5. The number of ketones is 1. The third-order valence-corrected chi connectivity index (χ3v) is 2.68. The maximum atomic E-state index is 12.0. The number of methoxy groups -OCH3 is 1. The van der Waals surface area contributed by atoms with Crippen LogP contribution in [0.15, 0.2) is 0 Å². The molecule has 4 heteroatoms. The van der Waals surface area contributed by atoms with Gasteiger partial charge in [0.15, 0.2) is 5.78 Å².